The molecule has 2 unspecified atom stereocenters. The van der Waals surface area contributed by atoms with Crippen molar-refractivity contribution in [2.45, 2.75) is 58.5 Å². The van der Waals surface area contributed by atoms with Crippen molar-refractivity contribution >= 4 is 11.6 Å². The lowest BCUT2D eigenvalue weighted by Crippen LogP contribution is -2.47. The van der Waals surface area contributed by atoms with E-state index in [1.165, 1.54) is 6.42 Å². The maximum atomic E-state index is 12.7. The molecule has 1 aliphatic heterocycles. The zero-order valence-electron chi connectivity index (χ0n) is 12.7. The number of aromatic nitrogens is 1. The fraction of sp³-hybridized carbons (Fsp3) is 0.625. The number of anilines is 1. The average Bonchev–Trinajstić information content (AvgIpc) is 2.45. The van der Waals surface area contributed by atoms with Crippen LogP contribution in [0.5, 0.6) is 0 Å². The number of nitrogens with zero attached hydrogens (tertiary/aromatic N) is 2. The van der Waals surface area contributed by atoms with Gasteiger partial charge in [0.1, 0.15) is 5.69 Å². The first-order valence-electron chi connectivity index (χ1n) is 7.66. The zero-order valence-corrected chi connectivity index (χ0v) is 12.7. The van der Waals surface area contributed by atoms with Gasteiger partial charge in [-0.05, 0) is 51.7 Å². The molecule has 2 atom stereocenters. The smallest absolute Gasteiger partial charge is 0.273 e. The van der Waals surface area contributed by atoms with Gasteiger partial charge in [-0.15, -0.1) is 0 Å². The number of nitrogens with one attached hydrogen (secondary N) is 1. The van der Waals surface area contributed by atoms with Crippen molar-refractivity contribution in [3.8, 4) is 0 Å². The Morgan fingerprint density at radius 1 is 1.40 bits per heavy atom. The van der Waals surface area contributed by atoms with Gasteiger partial charge < -0.3 is 10.2 Å². The largest absolute Gasteiger partial charge is 0.385 e. The van der Waals surface area contributed by atoms with E-state index in [4.69, 9.17) is 0 Å². The molecule has 0 spiro atoms. The lowest BCUT2D eigenvalue weighted by molar-refractivity contribution is 0.0504. The summed E-state index contributed by atoms with van der Waals surface area (Å²) in [6, 6.07) is 4.39. The molecule has 2 heterocycles. The van der Waals surface area contributed by atoms with Crippen molar-refractivity contribution in [1.29, 1.82) is 0 Å². The van der Waals surface area contributed by atoms with Crippen molar-refractivity contribution in [3.05, 3.63) is 24.0 Å². The third kappa shape index (κ3) is 3.30. The quantitative estimate of drug-likeness (QED) is 0.917. The lowest BCUT2D eigenvalue weighted by Gasteiger charge is -2.38. The second kappa shape index (κ2) is 6.73. The molecule has 2 rings (SSSR count). The fourth-order valence-electron chi connectivity index (χ4n) is 2.88. The Labute approximate surface area is 121 Å². The number of carbonyl (C=O) groups is 1. The van der Waals surface area contributed by atoms with E-state index >= 15 is 0 Å². The minimum absolute atomic E-state index is 0.0600. The lowest BCUT2D eigenvalue weighted by atomic mass is 9.97. The second-order valence-corrected chi connectivity index (χ2v) is 5.70. The molecule has 0 saturated carbocycles. The van der Waals surface area contributed by atoms with Crippen molar-refractivity contribution in [3.63, 3.8) is 0 Å². The third-order valence-corrected chi connectivity index (χ3v) is 3.99. The van der Waals surface area contributed by atoms with E-state index in [9.17, 15) is 4.79 Å². The highest BCUT2D eigenvalue weighted by Crippen LogP contribution is 2.24. The van der Waals surface area contributed by atoms with Gasteiger partial charge >= 0.3 is 0 Å². The van der Waals surface area contributed by atoms with Crippen LogP contribution in [0, 0.1) is 0 Å². The van der Waals surface area contributed by atoms with Crippen molar-refractivity contribution in [1.82, 2.24) is 9.88 Å². The van der Waals surface area contributed by atoms with Gasteiger partial charge in [0.05, 0.1) is 0 Å². The summed E-state index contributed by atoms with van der Waals surface area (Å²) in [5.41, 5.74) is 1.52. The Hall–Kier alpha value is -1.58. The molecule has 1 aromatic rings. The van der Waals surface area contributed by atoms with Crippen LogP contribution in [0.25, 0.3) is 0 Å². The van der Waals surface area contributed by atoms with Crippen LogP contribution in [-0.2, 0) is 0 Å². The molecule has 0 aliphatic carbocycles. The van der Waals surface area contributed by atoms with Gasteiger partial charge in [-0.3, -0.25) is 9.78 Å². The van der Waals surface area contributed by atoms with Gasteiger partial charge in [0.15, 0.2) is 0 Å². The minimum Gasteiger partial charge on any atom is -0.385 e. The highest BCUT2D eigenvalue weighted by atomic mass is 16.2. The SMILES string of the molecule is CCCNc1ccnc(C(=O)N2C(C)CCCC2C)c1. The van der Waals surface area contributed by atoms with Crippen molar-refractivity contribution in [2.75, 3.05) is 11.9 Å². The number of carbonyl (C=O) groups excluding carboxylic acids is 1. The maximum absolute atomic E-state index is 12.7. The summed E-state index contributed by atoms with van der Waals surface area (Å²) in [4.78, 5) is 18.9. The zero-order chi connectivity index (χ0) is 14.5. The third-order valence-electron chi connectivity index (χ3n) is 3.99. The van der Waals surface area contributed by atoms with Gasteiger partial charge in [-0.1, -0.05) is 6.92 Å². The van der Waals surface area contributed by atoms with Crippen LogP contribution in [-0.4, -0.2) is 34.4 Å². The van der Waals surface area contributed by atoms with E-state index in [1.54, 1.807) is 6.20 Å². The monoisotopic (exact) mass is 275 g/mol. The minimum atomic E-state index is 0.0600. The van der Waals surface area contributed by atoms with Crippen molar-refractivity contribution in [2.24, 2.45) is 0 Å². The van der Waals surface area contributed by atoms with Crippen LogP contribution in [0.3, 0.4) is 0 Å². The Bertz CT molecular complexity index is 451. The fourth-order valence-corrected chi connectivity index (χ4v) is 2.88. The van der Waals surface area contributed by atoms with E-state index in [-0.39, 0.29) is 5.91 Å². The van der Waals surface area contributed by atoms with E-state index in [2.05, 4.69) is 31.1 Å². The molecule has 0 radical (unpaired) electrons. The first-order chi connectivity index (χ1) is 9.63. The van der Waals surface area contributed by atoms with Crippen LogP contribution in [0.4, 0.5) is 5.69 Å². The first kappa shape index (κ1) is 14.8. The van der Waals surface area contributed by atoms with Gasteiger partial charge in [0.2, 0.25) is 0 Å². The van der Waals surface area contributed by atoms with Crippen LogP contribution in [0.15, 0.2) is 18.3 Å². The average molecular weight is 275 g/mol. The molecule has 0 aromatic carbocycles. The molecular weight excluding hydrogens is 250 g/mol. The van der Waals surface area contributed by atoms with E-state index in [1.807, 2.05) is 17.0 Å². The predicted molar refractivity (Wildman–Crippen MR) is 82.0 cm³/mol. The Morgan fingerprint density at radius 2 is 2.10 bits per heavy atom. The topological polar surface area (TPSA) is 45.2 Å². The summed E-state index contributed by atoms with van der Waals surface area (Å²) in [6.07, 6.45) is 6.15. The summed E-state index contributed by atoms with van der Waals surface area (Å²) >= 11 is 0. The molecule has 1 saturated heterocycles. The summed E-state index contributed by atoms with van der Waals surface area (Å²) in [6.45, 7) is 7.30. The molecule has 1 aliphatic rings. The number of likely N-dealkylation sites (tertiary alicyclic amines) is 1. The standard InChI is InChI=1S/C16H25N3O/c1-4-9-17-14-8-10-18-15(11-14)16(20)19-12(2)6-5-7-13(19)3/h8,10-13H,4-7,9H2,1-3H3,(H,17,18). The number of hydrogen-bond acceptors (Lipinski definition) is 3. The number of hydrogen-bond donors (Lipinski definition) is 1. The molecule has 1 amide bonds. The molecule has 20 heavy (non-hydrogen) atoms. The Balaban J connectivity index is 2.15. The number of piperidine rings is 1. The van der Waals surface area contributed by atoms with Gasteiger partial charge in [0, 0.05) is 30.5 Å². The Kier molecular flexibility index (Phi) is 4.99. The molecule has 1 fully saturated rings. The van der Waals surface area contributed by atoms with Crippen LogP contribution in [0.2, 0.25) is 0 Å². The molecule has 110 valence electrons. The molecular formula is C16H25N3O. The van der Waals surface area contributed by atoms with Crippen molar-refractivity contribution < 1.29 is 4.79 Å². The van der Waals surface area contributed by atoms with Crippen LogP contribution >= 0.6 is 0 Å². The molecule has 1 N–H and O–H groups in total. The highest BCUT2D eigenvalue weighted by molar-refractivity contribution is 5.93. The molecule has 0 bridgehead atoms. The summed E-state index contributed by atoms with van der Waals surface area (Å²) in [5, 5.41) is 3.30. The summed E-state index contributed by atoms with van der Waals surface area (Å²) < 4.78 is 0. The van der Waals surface area contributed by atoms with Gasteiger partial charge in [-0.25, -0.2) is 0 Å². The maximum Gasteiger partial charge on any atom is 0.273 e. The van der Waals surface area contributed by atoms with Crippen LogP contribution < -0.4 is 5.32 Å². The van der Waals surface area contributed by atoms with Gasteiger partial charge in [0.25, 0.3) is 5.91 Å². The molecule has 4 heteroatoms. The first-order valence-corrected chi connectivity index (χ1v) is 7.66. The second-order valence-electron chi connectivity index (χ2n) is 5.70. The highest BCUT2D eigenvalue weighted by Gasteiger charge is 2.30. The predicted octanol–water partition coefficient (Wildman–Crippen LogP) is 3.31. The molecule has 1 aromatic heterocycles. The number of rotatable bonds is 4. The van der Waals surface area contributed by atoms with E-state index < -0.39 is 0 Å². The van der Waals surface area contributed by atoms with Crippen LogP contribution in [0.1, 0.15) is 56.9 Å². The number of pyridine rings is 1. The Morgan fingerprint density at radius 3 is 2.75 bits per heavy atom. The molecule has 4 nitrogen and oxygen atoms in total. The summed E-state index contributed by atoms with van der Waals surface area (Å²) in [7, 11) is 0. The van der Waals surface area contributed by atoms with Gasteiger partial charge in [-0.2, -0.15) is 0 Å². The number of amides is 1. The van der Waals surface area contributed by atoms with E-state index in [0.717, 1.165) is 31.5 Å². The normalized spacial score (nSPS) is 22.6. The van der Waals surface area contributed by atoms with E-state index in [0.29, 0.717) is 17.8 Å². The summed E-state index contributed by atoms with van der Waals surface area (Å²) in [5.74, 6) is 0.0600.